The van der Waals surface area contributed by atoms with Crippen LogP contribution in [-0.2, 0) is 6.18 Å². The summed E-state index contributed by atoms with van der Waals surface area (Å²) in [6.45, 7) is 2.24. The zero-order chi connectivity index (χ0) is 13.9. The van der Waals surface area contributed by atoms with Crippen molar-refractivity contribution in [3.8, 4) is 0 Å². The zero-order valence-corrected chi connectivity index (χ0v) is 11.1. The Labute approximate surface area is 112 Å². The number of hydrogen-bond donors (Lipinski definition) is 1. The maximum atomic E-state index is 12.6. The molecule has 0 aromatic heterocycles. The zero-order valence-electron chi connectivity index (χ0n) is 11.1. The van der Waals surface area contributed by atoms with E-state index >= 15 is 0 Å². The highest BCUT2D eigenvalue weighted by molar-refractivity contribution is 5.47. The van der Waals surface area contributed by atoms with Crippen LogP contribution in [0.4, 0.5) is 18.9 Å². The fourth-order valence-corrected chi connectivity index (χ4v) is 2.65. The summed E-state index contributed by atoms with van der Waals surface area (Å²) in [6.07, 6.45) is 1.34. The summed E-state index contributed by atoms with van der Waals surface area (Å²) in [7, 11) is 0. The number of hydrogen-bond acceptors (Lipinski definition) is 1. The van der Waals surface area contributed by atoms with Gasteiger partial charge in [0.2, 0.25) is 0 Å². The Bertz CT molecular complexity index is 414. The Morgan fingerprint density at radius 1 is 1.11 bits per heavy atom. The van der Waals surface area contributed by atoms with Crippen molar-refractivity contribution in [2.45, 2.75) is 51.2 Å². The molecule has 1 N–H and O–H groups in total. The molecule has 2 unspecified atom stereocenters. The Morgan fingerprint density at radius 3 is 2.63 bits per heavy atom. The van der Waals surface area contributed by atoms with E-state index in [9.17, 15) is 13.2 Å². The summed E-state index contributed by atoms with van der Waals surface area (Å²) >= 11 is 0. The molecule has 1 nitrogen and oxygen atoms in total. The summed E-state index contributed by atoms with van der Waals surface area (Å²) in [5.41, 5.74) is -0.00568. The molecule has 0 saturated heterocycles. The molecule has 2 rings (SSSR count). The predicted octanol–water partition coefficient (Wildman–Crippen LogP) is 5.09. The average Bonchev–Trinajstić information content (AvgIpc) is 2.54. The van der Waals surface area contributed by atoms with Gasteiger partial charge in [0.25, 0.3) is 0 Å². The Hall–Kier alpha value is -1.19. The number of rotatable bonds is 2. The van der Waals surface area contributed by atoms with E-state index in [2.05, 4.69) is 12.2 Å². The van der Waals surface area contributed by atoms with Crippen molar-refractivity contribution in [3.63, 3.8) is 0 Å². The first-order valence-electron chi connectivity index (χ1n) is 6.89. The van der Waals surface area contributed by atoms with Gasteiger partial charge in [-0.1, -0.05) is 25.8 Å². The smallest absolute Gasteiger partial charge is 0.382 e. The lowest BCUT2D eigenvalue weighted by Crippen LogP contribution is -2.18. The molecule has 1 aliphatic rings. The van der Waals surface area contributed by atoms with Gasteiger partial charge in [0.1, 0.15) is 0 Å². The van der Waals surface area contributed by atoms with E-state index in [0.717, 1.165) is 37.7 Å². The largest absolute Gasteiger partial charge is 0.416 e. The molecule has 2 atom stereocenters. The minimum Gasteiger partial charge on any atom is -0.382 e. The summed E-state index contributed by atoms with van der Waals surface area (Å²) in [4.78, 5) is 0. The minimum atomic E-state index is -4.27. The van der Waals surface area contributed by atoms with Gasteiger partial charge in [0.05, 0.1) is 5.56 Å². The average molecular weight is 271 g/mol. The van der Waals surface area contributed by atoms with Gasteiger partial charge in [0.15, 0.2) is 0 Å². The highest BCUT2D eigenvalue weighted by Crippen LogP contribution is 2.31. The van der Waals surface area contributed by atoms with Crippen LogP contribution < -0.4 is 5.32 Å². The van der Waals surface area contributed by atoms with E-state index in [1.165, 1.54) is 18.6 Å². The van der Waals surface area contributed by atoms with Gasteiger partial charge in [-0.05, 0) is 43.4 Å². The summed E-state index contributed by atoms with van der Waals surface area (Å²) in [5.74, 6) is 0.730. The second-order valence-corrected chi connectivity index (χ2v) is 5.53. The molecule has 1 fully saturated rings. The molecule has 0 heterocycles. The molecule has 0 aliphatic heterocycles. The summed E-state index contributed by atoms with van der Waals surface area (Å²) < 4.78 is 37.9. The number of benzene rings is 1. The van der Waals surface area contributed by atoms with Crippen molar-refractivity contribution in [1.29, 1.82) is 0 Å². The molecule has 1 aliphatic carbocycles. The van der Waals surface area contributed by atoms with Gasteiger partial charge in [-0.25, -0.2) is 0 Å². The molecule has 19 heavy (non-hydrogen) atoms. The summed E-state index contributed by atoms with van der Waals surface area (Å²) in [6, 6.07) is 5.79. The van der Waals surface area contributed by atoms with E-state index in [1.54, 1.807) is 6.07 Å². The maximum Gasteiger partial charge on any atom is 0.416 e. The minimum absolute atomic E-state index is 0.299. The molecule has 1 aromatic rings. The van der Waals surface area contributed by atoms with Gasteiger partial charge < -0.3 is 5.32 Å². The number of halogens is 3. The molecule has 0 spiro atoms. The van der Waals surface area contributed by atoms with Crippen LogP contribution in [0.1, 0.15) is 44.6 Å². The van der Waals surface area contributed by atoms with Crippen molar-refractivity contribution in [3.05, 3.63) is 29.8 Å². The van der Waals surface area contributed by atoms with Gasteiger partial charge in [-0.15, -0.1) is 0 Å². The third-order valence-electron chi connectivity index (χ3n) is 3.82. The quantitative estimate of drug-likeness (QED) is 0.739. The third kappa shape index (κ3) is 4.15. The van der Waals surface area contributed by atoms with Crippen LogP contribution in [0, 0.1) is 5.92 Å². The van der Waals surface area contributed by atoms with Crippen LogP contribution >= 0.6 is 0 Å². The van der Waals surface area contributed by atoms with E-state index in [0.29, 0.717) is 11.7 Å². The molecule has 106 valence electrons. The second kappa shape index (κ2) is 5.85. The lowest BCUT2D eigenvalue weighted by molar-refractivity contribution is -0.137. The number of nitrogens with one attached hydrogen (secondary N) is 1. The van der Waals surface area contributed by atoms with Crippen LogP contribution in [0.2, 0.25) is 0 Å². The number of alkyl halides is 3. The maximum absolute atomic E-state index is 12.6. The van der Waals surface area contributed by atoms with Crippen molar-refractivity contribution in [2.75, 3.05) is 5.32 Å². The van der Waals surface area contributed by atoms with Crippen molar-refractivity contribution in [2.24, 2.45) is 5.92 Å². The first-order chi connectivity index (χ1) is 8.95. The van der Waals surface area contributed by atoms with Gasteiger partial charge in [-0.2, -0.15) is 13.2 Å². The Kier molecular flexibility index (Phi) is 4.38. The van der Waals surface area contributed by atoms with Crippen molar-refractivity contribution >= 4 is 5.69 Å². The lowest BCUT2D eigenvalue weighted by atomic mass is 10.0. The molecule has 0 bridgehead atoms. The van der Waals surface area contributed by atoms with E-state index in [-0.39, 0.29) is 0 Å². The first kappa shape index (κ1) is 14.2. The normalized spacial score (nSPS) is 24.8. The molecule has 0 radical (unpaired) electrons. The van der Waals surface area contributed by atoms with E-state index in [4.69, 9.17) is 0 Å². The van der Waals surface area contributed by atoms with Crippen molar-refractivity contribution in [1.82, 2.24) is 0 Å². The fourth-order valence-electron chi connectivity index (χ4n) is 2.65. The molecule has 4 heteroatoms. The van der Waals surface area contributed by atoms with E-state index in [1.807, 2.05) is 0 Å². The highest BCUT2D eigenvalue weighted by atomic mass is 19.4. The van der Waals surface area contributed by atoms with Gasteiger partial charge >= 0.3 is 6.18 Å². The van der Waals surface area contributed by atoms with Crippen LogP contribution in [-0.4, -0.2) is 6.04 Å². The van der Waals surface area contributed by atoms with Gasteiger partial charge in [-0.3, -0.25) is 0 Å². The molecule has 1 aromatic carbocycles. The Balaban J connectivity index is 2.02. The highest BCUT2D eigenvalue weighted by Gasteiger charge is 2.30. The monoisotopic (exact) mass is 271 g/mol. The van der Waals surface area contributed by atoms with Crippen LogP contribution in [0.25, 0.3) is 0 Å². The number of anilines is 1. The first-order valence-corrected chi connectivity index (χ1v) is 6.89. The van der Waals surface area contributed by atoms with Crippen LogP contribution in [0.5, 0.6) is 0 Å². The van der Waals surface area contributed by atoms with Crippen LogP contribution in [0.15, 0.2) is 24.3 Å². The molecule has 1 saturated carbocycles. The molecular weight excluding hydrogens is 251 g/mol. The third-order valence-corrected chi connectivity index (χ3v) is 3.82. The second-order valence-electron chi connectivity index (χ2n) is 5.53. The summed E-state index contributed by atoms with van der Waals surface area (Å²) in [5, 5.41) is 3.25. The Morgan fingerprint density at radius 2 is 1.89 bits per heavy atom. The standard InChI is InChI=1S/C15H20F3N/c1-11-4-2-6-13(9-8-11)19-14-7-3-5-12(10-14)15(16,17)18/h3,5,7,10-11,13,19H,2,4,6,8-9H2,1H3. The predicted molar refractivity (Wildman–Crippen MR) is 71.1 cm³/mol. The lowest BCUT2D eigenvalue weighted by Gasteiger charge is -2.18. The molecular formula is C15H20F3N. The van der Waals surface area contributed by atoms with Gasteiger partial charge in [0, 0.05) is 11.7 Å². The SMILES string of the molecule is CC1CCCC(Nc2cccc(C(F)(F)F)c2)CC1. The topological polar surface area (TPSA) is 12.0 Å². The molecule has 0 amide bonds. The van der Waals surface area contributed by atoms with Crippen LogP contribution in [0.3, 0.4) is 0 Å². The fraction of sp³-hybridized carbons (Fsp3) is 0.600. The van der Waals surface area contributed by atoms with Crippen molar-refractivity contribution < 1.29 is 13.2 Å². The van der Waals surface area contributed by atoms with E-state index < -0.39 is 11.7 Å².